The van der Waals surface area contributed by atoms with Gasteiger partial charge < -0.3 is 4.42 Å². The highest BCUT2D eigenvalue weighted by Gasteiger charge is 2.20. The van der Waals surface area contributed by atoms with Gasteiger partial charge in [0.15, 0.2) is 6.20 Å². The minimum absolute atomic E-state index is 0.882. The standard InChI is InChI=1S/C36H27N2O/c1-24-16-18-30-29-19-17-27(23-34(29)39-36(30)35(24)33-15-9-10-20-38(33)2)28-21-31(25-11-5-3-6-12-25)37-32(22-28)26-13-7-4-8-14-26/h3-23H,1-2H3/q+1. The number of rotatable bonds is 4. The predicted octanol–water partition coefficient (Wildman–Crippen LogP) is 8.78. The van der Waals surface area contributed by atoms with Gasteiger partial charge in [0, 0.05) is 34.0 Å². The first-order valence-corrected chi connectivity index (χ1v) is 13.2. The summed E-state index contributed by atoms with van der Waals surface area (Å²) in [6.07, 6.45) is 2.08. The molecular formula is C36H27N2O+. The molecule has 3 aromatic heterocycles. The molecule has 0 fully saturated rings. The van der Waals surface area contributed by atoms with Gasteiger partial charge in [-0.25, -0.2) is 9.55 Å². The van der Waals surface area contributed by atoms with Crippen LogP contribution in [-0.2, 0) is 7.05 Å². The highest BCUT2D eigenvalue weighted by Crippen LogP contribution is 2.39. The molecule has 3 nitrogen and oxygen atoms in total. The minimum Gasteiger partial charge on any atom is -0.455 e. The number of aryl methyl sites for hydroxylation is 2. The van der Waals surface area contributed by atoms with Gasteiger partial charge in [-0.05, 0) is 53.9 Å². The van der Waals surface area contributed by atoms with Crippen LogP contribution in [0.15, 0.2) is 132 Å². The molecule has 0 spiro atoms. The maximum atomic E-state index is 6.64. The van der Waals surface area contributed by atoms with Gasteiger partial charge in [-0.1, -0.05) is 78.9 Å². The largest absolute Gasteiger partial charge is 0.455 e. The van der Waals surface area contributed by atoms with Gasteiger partial charge in [0.25, 0.3) is 0 Å². The molecule has 7 rings (SSSR count). The third kappa shape index (κ3) is 4.09. The first kappa shape index (κ1) is 23.1. The van der Waals surface area contributed by atoms with Gasteiger partial charge >= 0.3 is 0 Å². The Morgan fingerprint density at radius 2 is 1.23 bits per heavy atom. The Kier molecular flexibility index (Phi) is 5.56. The third-order valence-corrected chi connectivity index (χ3v) is 7.46. The molecular weight excluding hydrogens is 476 g/mol. The highest BCUT2D eigenvalue weighted by atomic mass is 16.3. The second-order valence-corrected chi connectivity index (χ2v) is 10.0. The van der Waals surface area contributed by atoms with Crippen LogP contribution >= 0.6 is 0 Å². The molecule has 3 heteroatoms. The van der Waals surface area contributed by atoms with E-state index in [1.807, 2.05) is 18.2 Å². The lowest BCUT2D eigenvalue weighted by atomic mass is 9.98. The zero-order chi connectivity index (χ0) is 26.3. The van der Waals surface area contributed by atoms with E-state index >= 15 is 0 Å². The van der Waals surface area contributed by atoms with Crippen molar-refractivity contribution in [2.75, 3.05) is 0 Å². The topological polar surface area (TPSA) is 29.9 Å². The fourth-order valence-electron chi connectivity index (χ4n) is 5.43. The van der Waals surface area contributed by atoms with Crippen molar-refractivity contribution in [1.82, 2.24) is 4.98 Å². The van der Waals surface area contributed by atoms with Crippen molar-refractivity contribution in [2.45, 2.75) is 6.92 Å². The van der Waals surface area contributed by atoms with Gasteiger partial charge in [0.2, 0.25) is 5.69 Å². The summed E-state index contributed by atoms with van der Waals surface area (Å²) in [7, 11) is 2.08. The van der Waals surface area contributed by atoms with E-state index in [0.29, 0.717) is 0 Å². The van der Waals surface area contributed by atoms with E-state index in [-0.39, 0.29) is 0 Å². The smallest absolute Gasteiger partial charge is 0.216 e. The number of aromatic nitrogens is 2. The second-order valence-electron chi connectivity index (χ2n) is 10.0. The summed E-state index contributed by atoms with van der Waals surface area (Å²) in [5.74, 6) is 0. The molecule has 186 valence electrons. The van der Waals surface area contributed by atoms with Crippen molar-refractivity contribution in [1.29, 1.82) is 0 Å². The van der Waals surface area contributed by atoms with Crippen molar-refractivity contribution >= 4 is 21.9 Å². The average molecular weight is 504 g/mol. The van der Waals surface area contributed by atoms with Crippen molar-refractivity contribution in [3.05, 3.63) is 133 Å². The van der Waals surface area contributed by atoms with Gasteiger partial charge in [-0.3, -0.25) is 0 Å². The molecule has 0 atom stereocenters. The van der Waals surface area contributed by atoms with E-state index in [2.05, 4.69) is 128 Å². The number of nitrogens with zero attached hydrogens (tertiary/aromatic N) is 2. The Morgan fingerprint density at radius 1 is 0.590 bits per heavy atom. The van der Waals surface area contributed by atoms with Gasteiger partial charge in [-0.15, -0.1) is 0 Å². The molecule has 39 heavy (non-hydrogen) atoms. The molecule has 0 radical (unpaired) electrons. The Bertz CT molecular complexity index is 1910. The zero-order valence-electron chi connectivity index (χ0n) is 21.9. The molecule has 0 aliphatic rings. The molecule has 0 N–H and O–H groups in total. The van der Waals surface area contributed by atoms with Crippen LogP contribution in [0.3, 0.4) is 0 Å². The SMILES string of the molecule is Cc1ccc2c(oc3cc(-c4cc(-c5ccccc5)nc(-c5ccccc5)c4)ccc32)c1-c1cccc[n+]1C. The van der Waals surface area contributed by atoms with E-state index in [1.54, 1.807) is 0 Å². The van der Waals surface area contributed by atoms with Crippen molar-refractivity contribution in [2.24, 2.45) is 7.05 Å². The molecule has 0 saturated carbocycles. The molecule has 0 amide bonds. The molecule has 7 aromatic rings. The van der Waals surface area contributed by atoms with Crippen LogP contribution in [0, 0.1) is 6.92 Å². The number of hydrogen-bond donors (Lipinski definition) is 0. The van der Waals surface area contributed by atoms with Crippen LogP contribution < -0.4 is 4.57 Å². The maximum Gasteiger partial charge on any atom is 0.216 e. The number of benzene rings is 4. The minimum atomic E-state index is 0.882. The van der Waals surface area contributed by atoms with E-state index in [4.69, 9.17) is 9.40 Å². The Hall–Kier alpha value is -5.02. The van der Waals surface area contributed by atoms with E-state index in [0.717, 1.165) is 66.8 Å². The first-order valence-electron chi connectivity index (χ1n) is 13.2. The quantitative estimate of drug-likeness (QED) is 0.225. The summed E-state index contributed by atoms with van der Waals surface area (Å²) in [6.45, 7) is 2.15. The second kappa shape index (κ2) is 9.38. The fourth-order valence-corrected chi connectivity index (χ4v) is 5.43. The van der Waals surface area contributed by atoms with Gasteiger partial charge in [0.05, 0.1) is 17.0 Å². The van der Waals surface area contributed by atoms with Crippen LogP contribution in [0.1, 0.15) is 5.56 Å². The Balaban J connectivity index is 1.43. The average Bonchev–Trinajstić information content (AvgIpc) is 3.36. The molecule has 0 bridgehead atoms. The van der Waals surface area contributed by atoms with Crippen LogP contribution in [0.25, 0.3) is 66.8 Å². The molecule has 0 saturated heterocycles. The summed E-state index contributed by atoms with van der Waals surface area (Å²) in [6, 6.07) is 42.2. The maximum absolute atomic E-state index is 6.64. The number of hydrogen-bond acceptors (Lipinski definition) is 2. The van der Waals surface area contributed by atoms with Crippen molar-refractivity contribution in [3.63, 3.8) is 0 Å². The van der Waals surface area contributed by atoms with Crippen molar-refractivity contribution in [3.8, 4) is 44.9 Å². The summed E-state index contributed by atoms with van der Waals surface area (Å²) >= 11 is 0. The molecule has 0 aliphatic carbocycles. The lowest BCUT2D eigenvalue weighted by Gasteiger charge is -2.10. The van der Waals surface area contributed by atoms with E-state index in [1.165, 1.54) is 5.56 Å². The Morgan fingerprint density at radius 3 is 1.90 bits per heavy atom. The number of furan rings is 1. The van der Waals surface area contributed by atoms with Gasteiger partial charge in [0.1, 0.15) is 18.2 Å². The molecule has 0 aliphatic heterocycles. The fraction of sp³-hybridized carbons (Fsp3) is 0.0556. The lowest BCUT2D eigenvalue weighted by Crippen LogP contribution is -2.30. The summed E-state index contributed by atoms with van der Waals surface area (Å²) in [4.78, 5) is 5.03. The van der Waals surface area contributed by atoms with Crippen LogP contribution in [0.2, 0.25) is 0 Å². The Labute approximate surface area is 227 Å². The van der Waals surface area contributed by atoms with Crippen LogP contribution in [0.5, 0.6) is 0 Å². The summed E-state index contributed by atoms with van der Waals surface area (Å²) in [5, 5.41) is 2.25. The molecule has 3 heterocycles. The van der Waals surface area contributed by atoms with Crippen LogP contribution in [-0.4, -0.2) is 4.98 Å². The van der Waals surface area contributed by atoms with Crippen molar-refractivity contribution < 1.29 is 8.98 Å². The molecule has 4 aromatic carbocycles. The first-order chi connectivity index (χ1) is 19.2. The highest BCUT2D eigenvalue weighted by molar-refractivity contribution is 6.10. The number of pyridine rings is 2. The predicted molar refractivity (Wildman–Crippen MR) is 159 cm³/mol. The van der Waals surface area contributed by atoms with Gasteiger partial charge in [-0.2, -0.15) is 0 Å². The zero-order valence-corrected chi connectivity index (χ0v) is 21.9. The third-order valence-electron chi connectivity index (χ3n) is 7.46. The van der Waals surface area contributed by atoms with Crippen LogP contribution in [0.4, 0.5) is 0 Å². The normalized spacial score (nSPS) is 11.3. The molecule has 0 unspecified atom stereocenters. The van der Waals surface area contributed by atoms with E-state index < -0.39 is 0 Å². The lowest BCUT2D eigenvalue weighted by molar-refractivity contribution is -0.660. The summed E-state index contributed by atoms with van der Waals surface area (Å²) in [5.41, 5.74) is 11.6. The van der Waals surface area contributed by atoms with E-state index in [9.17, 15) is 0 Å². The number of fused-ring (bicyclic) bond motifs is 3. The summed E-state index contributed by atoms with van der Waals surface area (Å²) < 4.78 is 8.78. The monoisotopic (exact) mass is 503 g/mol.